The fourth-order valence-electron chi connectivity index (χ4n) is 2.76. The van der Waals surface area contributed by atoms with Crippen LogP contribution in [0.2, 0.25) is 0 Å². The summed E-state index contributed by atoms with van der Waals surface area (Å²) >= 11 is 0. The van der Waals surface area contributed by atoms with Crippen molar-refractivity contribution in [1.82, 2.24) is 15.1 Å². The minimum Gasteiger partial charge on any atom is -0.328 e. The first-order valence-corrected chi connectivity index (χ1v) is 6.71. The number of carbonyl (C=O) groups excluding carboxylic acids is 2. The zero-order chi connectivity index (χ0) is 14.1. The van der Waals surface area contributed by atoms with Crippen LogP contribution in [0.1, 0.15) is 5.56 Å². The average molecular weight is 277 g/mol. The molecule has 1 unspecified atom stereocenters. The molecule has 2 amide bonds. The average Bonchev–Trinajstić information content (AvgIpc) is 2.47. The molecule has 106 valence electrons. The third kappa shape index (κ3) is 2.27. The highest BCUT2D eigenvalue weighted by molar-refractivity contribution is 6.35. The summed E-state index contributed by atoms with van der Waals surface area (Å²) in [5.74, 6) is -1.36. The van der Waals surface area contributed by atoms with Crippen LogP contribution in [0.5, 0.6) is 0 Å². The number of rotatable bonds is 2. The first-order valence-electron chi connectivity index (χ1n) is 6.71. The lowest BCUT2D eigenvalue weighted by molar-refractivity contribution is -0.160. The quantitative estimate of drug-likeness (QED) is 0.772. The van der Waals surface area contributed by atoms with Crippen molar-refractivity contribution in [2.45, 2.75) is 12.6 Å². The van der Waals surface area contributed by atoms with Gasteiger partial charge in [0.1, 0.15) is 5.82 Å². The van der Waals surface area contributed by atoms with Gasteiger partial charge >= 0.3 is 11.8 Å². The number of amides is 2. The number of piperazine rings is 2. The van der Waals surface area contributed by atoms with Gasteiger partial charge in [0.05, 0.1) is 6.04 Å². The molecule has 2 fully saturated rings. The number of benzene rings is 1. The molecule has 5 nitrogen and oxygen atoms in total. The van der Waals surface area contributed by atoms with Crippen molar-refractivity contribution in [2.24, 2.45) is 0 Å². The van der Waals surface area contributed by atoms with E-state index in [-0.39, 0.29) is 18.4 Å². The van der Waals surface area contributed by atoms with Crippen LogP contribution >= 0.6 is 0 Å². The van der Waals surface area contributed by atoms with E-state index in [9.17, 15) is 14.0 Å². The van der Waals surface area contributed by atoms with Gasteiger partial charge in [0, 0.05) is 38.3 Å². The summed E-state index contributed by atoms with van der Waals surface area (Å²) in [5, 5.41) is 3.21. The van der Waals surface area contributed by atoms with Gasteiger partial charge in [-0.05, 0) is 6.07 Å². The van der Waals surface area contributed by atoms with E-state index >= 15 is 0 Å². The highest BCUT2D eigenvalue weighted by Gasteiger charge is 2.39. The van der Waals surface area contributed by atoms with Crippen LogP contribution < -0.4 is 5.32 Å². The molecule has 20 heavy (non-hydrogen) atoms. The maximum Gasteiger partial charge on any atom is 0.312 e. The Balaban J connectivity index is 1.78. The van der Waals surface area contributed by atoms with Crippen LogP contribution in [-0.4, -0.2) is 53.8 Å². The van der Waals surface area contributed by atoms with E-state index in [4.69, 9.17) is 0 Å². The Kier molecular flexibility index (Phi) is 3.40. The Bertz CT molecular complexity index is 549. The highest BCUT2D eigenvalue weighted by atomic mass is 19.1. The highest BCUT2D eigenvalue weighted by Crippen LogP contribution is 2.17. The van der Waals surface area contributed by atoms with Crippen molar-refractivity contribution >= 4 is 11.8 Å². The number of hydrogen-bond donors (Lipinski definition) is 1. The topological polar surface area (TPSA) is 52.7 Å². The predicted octanol–water partition coefficient (Wildman–Crippen LogP) is -0.0317. The molecule has 2 aliphatic heterocycles. The molecule has 3 rings (SSSR count). The van der Waals surface area contributed by atoms with Crippen molar-refractivity contribution in [3.63, 3.8) is 0 Å². The predicted molar refractivity (Wildman–Crippen MR) is 70.2 cm³/mol. The molecule has 0 spiro atoms. The minimum atomic E-state index is -0.536. The second-order valence-corrected chi connectivity index (χ2v) is 5.13. The Morgan fingerprint density at radius 2 is 2.05 bits per heavy atom. The van der Waals surface area contributed by atoms with Gasteiger partial charge in [-0.25, -0.2) is 4.39 Å². The van der Waals surface area contributed by atoms with Crippen LogP contribution in [0.4, 0.5) is 4.39 Å². The second-order valence-electron chi connectivity index (χ2n) is 5.13. The summed E-state index contributed by atoms with van der Waals surface area (Å²) in [5.41, 5.74) is 0.436. The lowest BCUT2D eigenvalue weighted by Gasteiger charge is -2.43. The fraction of sp³-hybridized carbons (Fsp3) is 0.429. The molecule has 0 saturated carbocycles. The van der Waals surface area contributed by atoms with Gasteiger partial charge in [-0.3, -0.25) is 9.59 Å². The van der Waals surface area contributed by atoms with E-state index in [1.54, 1.807) is 23.1 Å². The van der Waals surface area contributed by atoms with Crippen molar-refractivity contribution < 1.29 is 14.0 Å². The number of fused-ring (bicyclic) bond motifs is 1. The molecule has 2 saturated heterocycles. The Morgan fingerprint density at radius 3 is 2.85 bits per heavy atom. The third-order valence-electron chi connectivity index (χ3n) is 3.83. The smallest absolute Gasteiger partial charge is 0.312 e. The molecular weight excluding hydrogens is 261 g/mol. The Labute approximate surface area is 116 Å². The van der Waals surface area contributed by atoms with Gasteiger partial charge in [0.15, 0.2) is 0 Å². The first-order chi connectivity index (χ1) is 9.66. The molecule has 0 bridgehead atoms. The van der Waals surface area contributed by atoms with Crippen molar-refractivity contribution in [1.29, 1.82) is 0 Å². The van der Waals surface area contributed by atoms with Gasteiger partial charge in [0.2, 0.25) is 0 Å². The molecule has 6 heteroatoms. The van der Waals surface area contributed by atoms with Crippen molar-refractivity contribution in [3.05, 3.63) is 35.6 Å². The number of carbonyl (C=O) groups is 2. The fourth-order valence-corrected chi connectivity index (χ4v) is 2.76. The molecular formula is C14H16FN3O2. The SMILES string of the molecule is O=C1C(=O)N2CCNCC2CN1Cc1ccccc1F. The summed E-state index contributed by atoms with van der Waals surface area (Å²) in [6.07, 6.45) is 0. The maximum absolute atomic E-state index is 13.7. The number of halogens is 1. The molecule has 0 radical (unpaired) electrons. The minimum absolute atomic E-state index is 0.0132. The summed E-state index contributed by atoms with van der Waals surface area (Å²) in [6.45, 7) is 2.53. The van der Waals surface area contributed by atoms with E-state index in [0.29, 0.717) is 31.7 Å². The molecule has 2 heterocycles. The second kappa shape index (κ2) is 5.20. The monoisotopic (exact) mass is 277 g/mol. The Hall–Kier alpha value is -1.95. The van der Waals surface area contributed by atoms with Crippen LogP contribution in [-0.2, 0) is 16.1 Å². The summed E-state index contributed by atoms with van der Waals surface area (Å²) in [4.78, 5) is 27.2. The zero-order valence-corrected chi connectivity index (χ0v) is 11.0. The largest absolute Gasteiger partial charge is 0.328 e. The van der Waals surface area contributed by atoms with Crippen LogP contribution in [0.25, 0.3) is 0 Å². The molecule has 1 aromatic rings. The maximum atomic E-state index is 13.7. The van der Waals surface area contributed by atoms with Gasteiger partial charge in [-0.15, -0.1) is 0 Å². The molecule has 1 atom stereocenters. The Morgan fingerprint density at radius 1 is 1.25 bits per heavy atom. The molecule has 1 N–H and O–H groups in total. The van der Waals surface area contributed by atoms with Crippen LogP contribution in [0.15, 0.2) is 24.3 Å². The third-order valence-corrected chi connectivity index (χ3v) is 3.83. The standard InChI is InChI=1S/C14H16FN3O2/c15-12-4-2-1-3-10(12)8-17-9-11-7-16-5-6-18(11)14(20)13(17)19/h1-4,11,16H,5-9H2. The van der Waals surface area contributed by atoms with Gasteiger partial charge in [-0.1, -0.05) is 18.2 Å². The van der Waals surface area contributed by atoms with E-state index in [0.717, 1.165) is 0 Å². The van der Waals surface area contributed by atoms with Crippen molar-refractivity contribution in [2.75, 3.05) is 26.2 Å². The van der Waals surface area contributed by atoms with E-state index in [1.165, 1.54) is 11.0 Å². The summed E-state index contributed by atoms with van der Waals surface area (Å²) in [6, 6.07) is 6.32. The van der Waals surface area contributed by atoms with Crippen LogP contribution in [0.3, 0.4) is 0 Å². The first kappa shape index (κ1) is 13.1. The van der Waals surface area contributed by atoms with Gasteiger partial charge in [0.25, 0.3) is 0 Å². The molecule has 2 aliphatic rings. The van der Waals surface area contributed by atoms with E-state index in [1.807, 2.05) is 0 Å². The molecule has 1 aromatic carbocycles. The number of hydrogen-bond acceptors (Lipinski definition) is 3. The van der Waals surface area contributed by atoms with E-state index < -0.39 is 11.8 Å². The van der Waals surface area contributed by atoms with Crippen LogP contribution in [0, 0.1) is 5.82 Å². The summed E-state index contributed by atoms with van der Waals surface area (Å²) in [7, 11) is 0. The lowest BCUT2D eigenvalue weighted by atomic mass is 10.1. The van der Waals surface area contributed by atoms with Gasteiger partial charge < -0.3 is 15.1 Å². The molecule has 0 aromatic heterocycles. The normalized spacial score (nSPS) is 22.9. The van der Waals surface area contributed by atoms with Crippen molar-refractivity contribution in [3.8, 4) is 0 Å². The van der Waals surface area contributed by atoms with Gasteiger partial charge in [-0.2, -0.15) is 0 Å². The van der Waals surface area contributed by atoms with E-state index in [2.05, 4.69) is 5.32 Å². The number of nitrogens with zero attached hydrogens (tertiary/aromatic N) is 2. The molecule has 0 aliphatic carbocycles. The number of nitrogens with one attached hydrogen (secondary N) is 1. The lowest BCUT2D eigenvalue weighted by Crippen LogP contribution is -2.65. The summed E-state index contributed by atoms with van der Waals surface area (Å²) < 4.78 is 13.7. The zero-order valence-electron chi connectivity index (χ0n) is 11.0.